The maximum Gasteiger partial charge on any atom is 0.283 e. The molecule has 114 valence electrons. The standard InChI is InChI=1S/C14H18ClN3O3/c1-16-9-10-5-2-3-8-17(10)14(19)13-11(15)6-4-7-12(13)18(20)21/h4,6-7,10,16H,2-3,5,8-9H2,1H3. The van der Waals surface area contributed by atoms with Crippen LogP contribution in [-0.2, 0) is 0 Å². The average molecular weight is 312 g/mol. The van der Waals surface area contributed by atoms with Crippen molar-refractivity contribution in [3.63, 3.8) is 0 Å². The van der Waals surface area contributed by atoms with Crippen LogP contribution in [-0.4, -0.2) is 41.9 Å². The lowest BCUT2D eigenvalue weighted by atomic mass is 10.00. The van der Waals surface area contributed by atoms with Gasteiger partial charge in [0.2, 0.25) is 0 Å². The molecule has 0 radical (unpaired) electrons. The molecule has 6 nitrogen and oxygen atoms in total. The highest BCUT2D eigenvalue weighted by Gasteiger charge is 2.32. The van der Waals surface area contributed by atoms with Gasteiger partial charge in [0.1, 0.15) is 5.56 Å². The molecule has 1 aromatic carbocycles. The van der Waals surface area contributed by atoms with Gasteiger partial charge in [-0.05, 0) is 32.4 Å². The van der Waals surface area contributed by atoms with Gasteiger partial charge in [-0.3, -0.25) is 14.9 Å². The van der Waals surface area contributed by atoms with Crippen LogP contribution in [0, 0.1) is 10.1 Å². The van der Waals surface area contributed by atoms with Crippen molar-refractivity contribution in [3.05, 3.63) is 38.9 Å². The monoisotopic (exact) mass is 311 g/mol. The topological polar surface area (TPSA) is 75.5 Å². The summed E-state index contributed by atoms with van der Waals surface area (Å²) >= 11 is 6.04. The lowest BCUT2D eigenvalue weighted by Gasteiger charge is -2.35. The number of likely N-dealkylation sites (tertiary alicyclic amines) is 1. The molecule has 1 aliphatic heterocycles. The first-order valence-electron chi connectivity index (χ1n) is 6.94. The fraction of sp³-hybridized carbons (Fsp3) is 0.500. The molecule has 0 spiro atoms. The summed E-state index contributed by atoms with van der Waals surface area (Å²) in [7, 11) is 1.83. The van der Waals surface area contributed by atoms with E-state index in [4.69, 9.17) is 11.6 Å². The van der Waals surface area contributed by atoms with Crippen LogP contribution in [0.2, 0.25) is 5.02 Å². The largest absolute Gasteiger partial charge is 0.334 e. The molecular formula is C14H18ClN3O3. The van der Waals surface area contributed by atoms with Crippen molar-refractivity contribution in [1.82, 2.24) is 10.2 Å². The zero-order valence-corrected chi connectivity index (χ0v) is 12.6. The number of hydrogen-bond acceptors (Lipinski definition) is 4. The summed E-state index contributed by atoms with van der Waals surface area (Å²) in [4.78, 5) is 25.0. The van der Waals surface area contributed by atoms with Crippen LogP contribution in [0.25, 0.3) is 0 Å². The molecule has 1 aromatic rings. The SMILES string of the molecule is CNCC1CCCCN1C(=O)c1c(Cl)cccc1[N+](=O)[O-]. The zero-order chi connectivity index (χ0) is 15.4. The summed E-state index contributed by atoms with van der Waals surface area (Å²) in [5.41, 5.74) is -0.242. The summed E-state index contributed by atoms with van der Waals surface area (Å²) < 4.78 is 0. The molecule has 1 fully saturated rings. The highest BCUT2D eigenvalue weighted by atomic mass is 35.5. The Morgan fingerprint density at radius 3 is 2.95 bits per heavy atom. The van der Waals surface area contributed by atoms with Crippen LogP contribution in [0.3, 0.4) is 0 Å². The minimum Gasteiger partial charge on any atom is -0.334 e. The van der Waals surface area contributed by atoms with Gasteiger partial charge in [0.15, 0.2) is 0 Å². The number of nitro benzene ring substituents is 1. The Kier molecular flexibility index (Phi) is 5.14. The predicted molar refractivity (Wildman–Crippen MR) is 80.7 cm³/mol. The molecule has 0 saturated carbocycles. The second-order valence-corrected chi connectivity index (χ2v) is 5.50. The molecule has 1 atom stereocenters. The van der Waals surface area contributed by atoms with Gasteiger partial charge in [0.25, 0.3) is 11.6 Å². The van der Waals surface area contributed by atoms with Gasteiger partial charge in [0.05, 0.1) is 9.95 Å². The maximum absolute atomic E-state index is 12.7. The number of nitro groups is 1. The number of likely N-dealkylation sites (N-methyl/N-ethyl adjacent to an activating group) is 1. The maximum atomic E-state index is 12.7. The molecule has 1 amide bonds. The molecule has 1 saturated heterocycles. The average Bonchev–Trinajstić information content (AvgIpc) is 2.47. The van der Waals surface area contributed by atoms with Crippen molar-refractivity contribution < 1.29 is 9.72 Å². The van der Waals surface area contributed by atoms with Crippen LogP contribution in [0.5, 0.6) is 0 Å². The van der Waals surface area contributed by atoms with Gasteiger partial charge in [0, 0.05) is 25.2 Å². The quantitative estimate of drug-likeness (QED) is 0.684. The Morgan fingerprint density at radius 2 is 2.29 bits per heavy atom. The summed E-state index contributed by atoms with van der Waals surface area (Å²) in [6.45, 7) is 1.28. The van der Waals surface area contributed by atoms with E-state index in [0.717, 1.165) is 19.3 Å². The van der Waals surface area contributed by atoms with Crippen LogP contribution in [0.15, 0.2) is 18.2 Å². The van der Waals surface area contributed by atoms with E-state index in [-0.39, 0.29) is 28.2 Å². The first-order valence-corrected chi connectivity index (χ1v) is 7.32. The number of benzene rings is 1. The third-order valence-electron chi connectivity index (χ3n) is 3.73. The van der Waals surface area contributed by atoms with Gasteiger partial charge in [-0.1, -0.05) is 17.7 Å². The molecular weight excluding hydrogens is 294 g/mol. The molecule has 7 heteroatoms. The minimum atomic E-state index is -0.559. The van der Waals surface area contributed by atoms with Crippen molar-refractivity contribution in [3.8, 4) is 0 Å². The molecule has 21 heavy (non-hydrogen) atoms. The molecule has 1 heterocycles. The summed E-state index contributed by atoms with van der Waals surface area (Å²) in [6.07, 6.45) is 2.86. The van der Waals surface area contributed by atoms with Crippen molar-refractivity contribution in [2.75, 3.05) is 20.1 Å². The predicted octanol–water partition coefficient (Wildman–Crippen LogP) is 2.46. The van der Waals surface area contributed by atoms with E-state index in [1.165, 1.54) is 18.2 Å². The first-order chi connectivity index (χ1) is 10.1. The van der Waals surface area contributed by atoms with Gasteiger partial charge in [-0.2, -0.15) is 0 Å². The number of piperidine rings is 1. The van der Waals surface area contributed by atoms with Crippen molar-refractivity contribution in [2.45, 2.75) is 25.3 Å². The molecule has 0 bridgehead atoms. The van der Waals surface area contributed by atoms with Crippen molar-refractivity contribution >= 4 is 23.2 Å². The fourth-order valence-corrected chi connectivity index (χ4v) is 2.99. The van der Waals surface area contributed by atoms with Crippen molar-refractivity contribution in [1.29, 1.82) is 0 Å². The van der Waals surface area contributed by atoms with E-state index in [0.29, 0.717) is 13.1 Å². The van der Waals surface area contributed by atoms with Crippen LogP contribution < -0.4 is 5.32 Å². The Morgan fingerprint density at radius 1 is 1.52 bits per heavy atom. The smallest absolute Gasteiger partial charge is 0.283 e. The van der Waals surface area contributed by atoms with Crippen LogP contribution in [0.4, 0.5) is 5.69 Å². The molecule has 0 aromatic heterocycles. The van der Waals surface area contributed by atoms with Crippen molar-refractivity contribution in [2.24, 2.45) is 0 Å². The van der Waals surface area contributed by atoms with Gasteiger partial charge in [-0.15, -0.1) is 0 Å². The third kappa shape index (κ3) is 3.33. The minimum absolute atomic E-state index is 0.00725. The summed E-state index contributed by atoms with van der Waals surface area (Å²) in [6, 6.07) is 4.36. The van der Waals surface area contributed by atoms with E-state index in [9.17, 15) is 14.9 Å². The first kappa shape index (κ1) is 15.7. The van der Waals surface area contributed by atoms with E-state index >= 15 is 0 Å². The molecule has 1 N–H and O–H groups in total. The number of carbonyl (C=O) groups is 1. The lowest BCUT2D eigenvalue weighted by molar-refractivity contribution is -0.385. The Hall–Kier alpha value is -1.66. The highest BCUT2D eigenvalue weighted by molar-refractivity contribution is 6.34. The van der Waals surface area contributed by atoms with Gasteiger partial charge < -0.3 is 10.2 Å². The Balaban J connectivity index is 2.36. The lowest BCUT2D eigenvalue weighted by Crippen LogP contribution is -2.48. The van der Waals surface area contributed by atoms with E-state index in [2.05, 4.69) is 5.32 Å². The number of rotatable bonds is 4. The number of nitrogens with one attached hydrogen (secondary N) is 1. The fourth-order valence-electron chi connectivity index (χ4n) is 2.74. The second kappa shape index (κ2) is 6.87. The Bertz CT molecular complexity index is 548. The molecule has 1 aliphatic rings. The van der Waals surface area contributed by atoms with E-state index in [1.807, 2.05) is 7.05 Å². The Labute approximate surface area is 128 Å². The molecule has 2 rings (SSSR count). The summed E-state index contributed by atoms with van der Waals surface area (Å²) in [5.74, 6) is -0.354. The number of nitrogens with zero attached hydrogens (tertiary/aromatic N) is 2. The van der Waals surface area contributed by atoms with Crippen LogP contribution >= 0.6 is 11.6 Å². The molecule has 1 unspecified atom stereocenters. The highest BCUT2D eigenvalue weighted by Crippen LogP contribution is 2.29. The number of carbonyl (C=O) groups excluding carboxylic acids is 1. The van der Waals surface area contributed by atoms with E-state index in [1.54, 1.807) is 4.90 Å². The summed E-state index contributed by atoms with van der Waals surface area (Å²) in [5, 5.41) is 14.3. The number of halogens is 1. The van der Waals surface area contributed by atoms with Gasteiger partial charge in [-0.25, -0.2) is 0 Å². The zero-order valence-electron chi connectivity index (χ0n) is 11.8. The number of hydrogen-bond donors (Lipinski definition) is 1. The van der Waals surface area contributed by atoms with Crippen LogP contribution in [0.1, 0.15) is 29.6 Å². The number of amides is 1. The second-order valence-electron chi connectivity index (χ2n) is 5.10. The molecule has 0 aliphatic carbocycles. The van der Waals surface area contributed by atoms with E-state index < -0.39 is 4.92 Å². The van der Waals surface area contributed by atoms with Gasteiger partial charge >= 0.3 is 0 Å². The normalized spacial score (nSPS) is 18.6. The third-order valence-corrected chi connectivity index (χ3v) is 4.04.